The zero-order chi connectivity index (χ0) is 19.7. The lowest BCUT2D eigenvalue weighted by atomic mass is 9.92. The number of nitrogens with one attached hydrogen (secondary N) is 1. The predicted molar refractivity (Wildman–Crippen MR) is 102 cm³/mol. The fourth-order valence-electron chi connectivity index (χ4n) is 3.46. The molecule has 0 aliphatic carbocycles. The van der Waals surface area contributed by atoms with Crippen LogP contribution in [0.2, 0.25) is 0 Å². The van der Waals surface area contributed by atoms with E-state index in [1.54, 1.807) is 25.2 Å². The molecule has 1 atom stereocenters. The Hall–Kier alpha value is -3.02. The van der Waals surface area contributed by atoms with E-state index in [0.717, 1.165) is 17.2 Å². The minimum absolute atomic E-state index is 0.195. The molecule has 6 nitrogen and oxygen atoms in total. The summed E-state index contributed by atoms with van der Waals surface area (Å²) < 4.78 is 0. The van der Waals surface area contributed by atoms with Gasteiger partial charge in [-0.05, 0) is 29.4 Å². The molecule has 3 amide bonds. The summed E-state index contributed by atoms with van der Waals surface area (Å²) in [7, 11) is 1.56. The van der Waals surface area contributed by atoms with Crippen molar-refractivity contribution in [2.24, 2.45) is 0 Å². The highest BCUT2D eigenvalue weighted by atomic mass is 16.2. The van der Waals surface area contributed by atoms with Crippen molar-refractivity contribution in [3.8, 4) is 0 Å². The van der Waals surface area contributed by atoms with E-state index in [0.29, 0.717) is 16.5 Å². The Balaban J connectivity index is 2.11. The number of imide groups is 1. The lowest BCUT2D eigenvalue weighted by Crippen LogP contribution is -2.52. The first-order valence-corrected chi connectivity index (χ1v) is 8.96. The molecule has 1 unspecified atom stereocenters. The Morgan fingerprint density at radius 2 is 2.00 bits per heavy atom. The number of piperidine rings is 1. The summed E-state index contributed by atoms with van der Waals surface area (Å²) in [5, 5.41) is 3.67. The predicted octanol–water partition coefficient (Wildman–Crippen LogP) is 2.65. The summed E-state index contributed by atoms with van der Waals surface area (Å²) in [6.45, 7) is 4.06. The number of likely N-dealkylation sites (N-methyl/N-ethyl adjacent to an activating group) is 1. The molecule has 0 spiro atoms. The van der Waals surface area contributed by atoms with Crippen molar-refractivity contribution < 1.29 is 19.2 Å². The molecular weight excluding hydrogens is 344 g/mol. The van der Waals surface area contributed by atoms with Gasteiger partial charge in [-0.1, -0.05) is 38.1 Å². The van der Waals surface area contributed by atoms with E-state index in [2.05, 4.69) is 5.32 Å². The Labute approximate surface area is 157 Å². The van der Waals surface area contributed by atoms with E-state index in [-0.39, 0.29) is 30.6 Å². The summed E-state index contributed by atoms with van der Waals surface area (Å²) >= 11 is 0. The maximum absolute atomic E-state index is 13.3. The standard InChI is InChI=1S/C21H22N2O4/c1-12(2)15-9-13-5-4-6-14(11-24)19(13)16(10-15)21(27)23(3)17-7-8-18(25)22-20(17)26/h4-6,9-12,17H,7-8H2,1-3H3,(H,22,25,26). The number of carbonyl (C=O) groups excluding carboxylic acids is 4. The number of benzene rings is 2. The van der Waals surface area contributed by atoms with Crippen LogP contribution in [0.3, 0.4) is 0 Å². The molecule has 3 rings (SSSR count). The van der Waals surface area contributed by atoms with Crippen molar-refractivity contribution in [1.29, 1.82) is 0 Å². The summed E-state index contributed by atoms with van der Waals surface area (Å²) in [5.74, 6) is -0.942. The zero-order valence-electron chi connectivity index (χ0n) is 15.6. The van der Waals surface area contributed by atoms with Gasteiger partial charge in [0.05, 0.1) is 0 Å². The third-order valence-corrected chi connectivity index (χ3v) is 5.05. The van der Waals surface area contributed by atoms with Crippen LogP contribution in [-0.2, 0) is 9.59 Å². The first kappa shape index (κ1) is 18.8. The number of rotatable bonds is 4. The van der Waals surface area contributed by atoms with Crippen molar-refractivity contribution in [3.63, 3.8) is 0 Å². The van der Waals surface area contributed by atoms with Crippen molar-refractivity contribution in [2.75, 3.05) is 7.05 Å². The fourth-order valence-corrected chi connectivity index (χ4v) is 3.46. The van der Waals surface area contributed by atoms with Crippen LogP contribution in [0, 0.1) is 0 Å². The summed E-state index contributed by atoms with van der Waals surface area (Å²) in [6, 6.07) is 8.40. The molecule has 0 bridgehead atoms. The van der Waals surface area contributed by atoms with Gasteiger partial charge >= 0.3 is 0 Å². The number of amides is 3. The van der Waals surface area contributed by atoms with Gasteiger partial charge in [0.2, 0.25) is 11.8 Å². The number of hydrogen-bond acceptors (Lipinski definition) is 4. The topological polar surface area (TPSA) is 83.6 Å². The van der Waals surface area contributed by atoms with E-state index in [1.807, 2.05) is 26.0 Å². The Morgan fingerprint density at radius 1 is 1.26 bits per heavy atom. The maximum atomic E-state index is 13.3. The zero-order valence-corrected chi connectivity index (χ0v) is 15.6. The van der Waals surface area contributed by atoms with Crippen LogP contribution < -0.4 is 5.32 Å². The van der Waals surface area contributed by atoms with E-state index in [1.165, 1.54) is 4.90 Å². The quantitative estimate of drug-likeness (QED) is 0.666. The molecule has 0 aromatic heterocycles. The Morgan fingerprint density at radius 3 is 2.63 bits per heavy atom. The van der Waals surface area contributed by atoms with Crippen molar-refractivity contribution in [3.05, 3.63) is 47.0 Å². The fraction of sp³-hybridized carbons (Fsp3) is 0.333. The smallest absolute Gasteiger partial charge is 0.254 e. The van der Waals surface area contributed by atoms with Gasteiger partial charge in [0.1, 0.15) is 6.04 Å². The molecule has 0 saturated carbocycles. The number of nitrogens with zero attached hydrogens (tertiary/aromatic N) is 1. The molecule has 1 N–H and O–H groups in total. The van der Waals surface area contributed by atoms with Crippen molar-refractivity contribution >= 4 is 34.8 Å². The molecule has 2 aromatic rings. The van der Waals surface area contributed by atoms with Crippen molar-refractivity contribution in [2.45, 2.75) is 38.6 Å². The van der Waals surface area contributed by atoms with E-state index in [9.17, 15) is 19.2 Å². The highest BCUT2D eigenvalue weighted by molar-refractivity contribution is 6.13. The second-order valence-electron chi connectivity index (χ2n) is 7.17. The third kappa shape index (κ3) is 3.47. The molecule has 1 heterocycles. The maximum Gasteiger partial charge on any atom is 0.254 e. The van der Waals surface area contributed by atoms with Crippen LogP contribution in [-0.4, -0.2) is 42.0 Å². The van der Waals surface area contributed by atoms with Crippen molar-refractivity contribution in [1.82, 2.24) is 10.2 Å². The Kier molecular flexibility index (Phi) is 5.08. The largest absolute Gasteiger partial charge is 0.330 e. The van der Waals surface area contributed by atoms with E-state index in [4.69, 9.17) is 0 Å². The van der Waals surface area contributed by atoms with Gasteiger partial charge in [-0.2, -0.15) is 0 Å². The number of aldehydes is 1. The summed E-state index contributed by atoms with van der Waals surface area (Å²) in [4.78, 5) is 49.7. The SMILES string of the molecule is CC(C)c1cc(C(=O)N(C)C2CCC(=O)NC2=O)c2c(C=O)cccc2c1. The van der Waals surface area contributed by atoms with E-state index >= 15 is 0 Å². The Bertz CT molecular complexity index is 949. The lowest BCUT2D eigenvalue weighted by molar-refractivity contribution is -0.136. The van der Waals surface area contributed by atoms with Crippen LogP contribution in [0.5, 0.6) is 0 Å². The van der Waals surface area contributed by atoms with Crippen LogP contribution in [0.25, 0.3) is 10.8 Å². The van der Waals surface area contributed by atoms with Crippen LogP contribution >= 0.6 is 0 Å². The van der Waals surface area contributed by atoms with Crippen LogP contribution in [0.15, 0.2) is 30.3 Å². The molecule has 1 aliphatic heterocycles. The van der Waals surface area contributed by atoms with Gasteiger partial charge in [-0.3, -0.25) is 24.5 Å². The summed E-state index contributed by atoms with van der Waals surface area (Å²) in [6.07, 6.45) is 1.22. The van der Waals surface area contributed by atoms with E-state index < -0.39 is 11.9 Å². The van der Waals surface area contributed by atoms with Gasteiger partial charge in [-0.25, -0.2) is 0 Å². The first-order chi connectivity index (χ1) is 12.8. The van der Waals surface area contributed by atoms with Crippen LogP contribution in [0.1, 0.15) is 58.9 Å². The highest BCUT2D eigenvalue weighted by Gasteiger charge is 2.33. The molecule has 27 heavy (non-hydrogen) atoms. The normalized spacial score (nSPS) is 17.1. The number of fused-ring (bicyclic) bond motifs is 1. The number of hydrogen-bond donors (Lipinski definition) is 1. The van der Waals surface area contributed by atoms with Gasteiger partial charge in [0.25, 0.3) is 5.91 Å². The van der Waals surface area contributed by atoms with Gasteiger partial charge in [0.15, 0.2) is 6.29 Å². The molecule has 0 radical (unpaired) electrons. The monoisotopic (exact) mass is 366 g/mol. The molecule has 140 valence electrons. The summed E-state index contributed by atoms with van der Waals surface area (Å²) in [5.41, 5.74) is 1.81. The first-order valence-electron chi connectivity index (χ1n) is 8.96. The number of carbonyl (C=O) groups is 4. The lowest BCUT2D eigenvalue weighted by Gasteiger charge is -2.30. The highest BCUT2D eigenvalue weighted by Crippen LogP contribution is 2.29. The second-order valence-corrected chi connectivity index (χ2v) is 7.17. The molecular formula is C21H22N2O4. The molecule has 1 aliphatic rings. The van der Waals surface area contributed by atoms with Crippen LogP contribution in [0.4, 0.5) is 0 Å². The minimum Gasteiger partial charge on any atom is -0.330 e. The van der Waals surface area contributed by atoms with Gasteiger partial charge in [-0.15, -0.1) is 0 Å². The molecule has 1 saturated heterocycles. The molecule has 6 heteroatoms. The molecule has 1 fully saturated rings. The van der Waals surface area contributed by atoms with Gasteiger partial charge in [0, 0.05) is 30.0 Å². The second kappa shape index (κ2) is 7.31. The van der Waals surface area contributed by atoms with Gasteiger partial charge < -0.3 is 4.90 Å². The minimum atomic E-state index is -0.712. The third-order valence-electron chi connectivity index (χ3n) is 5.05. The average Bonchev–Trinajstić information content (AvgIpc) is 2.65. The molecule has 2 aromatic carbocycles. The average molecular weight is 366 g/mol.